The molecule has 174 valence electrons. The third kappa shape index (κ3) is 4.71. The first-order valence-corrected chi connectivity index (χ1v) is 9.46. The number of ketones is 1. The smallest absolute Gasteiger partial charge is 0.323 e. The number of halogens is 1. The first kappa shape index (κ1) is 23.9. The summed E-state index contributed by atoms with van der Waals surface area (Å²) < 4.78 is 4.54. The number of aromatic amines is 1. The number of rotatable bonds is 7. The van der Waals surface area contributed by atoms with Crippen LogP contribution < -0.4 is 10.9 Å². The number of methoxy groups -OCH3 is 1. The number of non-ortho nitro benzene ring substituents is 1. The molecule has 0 radical (unpaired) electrons. The summed E-state index contributed by atoms with van der Waals surface area (Å²) in [4.78, 5) is 76.9. The van der Waals surface area contributed by atoms with Crippen LogP contribution in [-0.2, 0) is 19.1 Å². The van der Waals surface area contributed by atoms with E-state index in [1.54, 1.807) is 0 Å². The summed E-state index contributed by atoms with van der Waals surface area (Å²) in [6.07, 6.45) is 0. The first-order valence-electron chi connectivity index (χ1n) is 9.08. The van der Waals surface area contributed by atoms with Gasteiger partial charge in [-0.15, -0.1) is 0 Å². The van der Waals surface area contributed by atoms with E-state index in [-0.39, 0.29) is 16.1 Å². The zero-order chi connectivity index (χ0) is 25.2. The van der Waals surface area contributed by atoms with Gasteiger partial charge in [0.05, 0.1) is 34.1 Å². The van der Waals surface area contributed by atoms with Gasteiger partial charge >= 0.3 is 5.97 Å². The maximum atomic E-state index is 12.8. The van der Waals surface area contributed by atoms with Crippen LogP contribution in [0.5, 0.6) is 0 Å². The molecule has 2 N–H and O–H groups in total. The molecule has 1 amide bonds. The number of carbonyl (C=O) groups excluding carboxylic acids is 3. The highest BCUT2D eigenvalue weighted by molar-refractivity contribution is 6.45. The van der Waals surface area contributed by atoms with Crippen molar-refractivity contribution < 1.29 is 29.0 Å². The van der Waals surface area contributed by atoms with Crippen LogP contribution in [0.15, 0.2) is 41.2 Å². The summed E-state index contributed by atoms with van der Waals surface area (Å²) in [5.41, 5.74) is -3.34. The standard InChI is InChI=1S/C19H12ClN5O9/c1-34-19(29)14(15-17(27)23-12-6-8(20)2-4-10(12)21-15)16(26)18(28)22-11-5-3-9(24(30)31)7-13(11)25(32)33/h2-7,14H,1H3,(H,22,28)(H,23,27)/t14-/m0/s1. The molecule has 2 aromatic carbocycles. The molecule has 0 aliphatic carbocycles. The van der Waals surface area contributed by atoms with Crippen molar-refractivity contribution in [1.29, 1.82) is 0 Å². The van der Waals surface area contributed by atoms with Gasteiger partial charge in [-0.25, -0.2) is 4.98 Å². The van der Waals surface area contributed by atoms with Gasteiger partial charge in [0.15, 0.2) is 5.92 Å². The number of anilines is 1. The molecule has 0 aliphatic rings. The second kappa shape index (κ2) is 9.41. The number of carbonyl (C=O) groups is 3. The van der Waals surface area contributed by atoms with E-state index in [2.05, 4.69) is 14.7 Å². The normalized spacial score (nSPS) is 11.5. The summed E-state index contributed by atoms with van der Waals surface area (Å²) in [6.45, 7) is 0. The number of fused-ring (bicyclic) bond motifs is 1. The van der Waals surface area contributed by atoms with E-state index < -0.39 is 61.7 Å². The number of hydrogen-bond donors (Lipinski definition) is 2. The number of esters is 1. The highest BCUT2D eigenvalue weighted by Gasteiger charge is 2.38. The van der Waals surface area contributed by atoms with Gasteiger partial charge in [0, 0.05) is 11.1 Å². The van der Waals surface area contributed by atoms with E-state index in [0.29, 0.717) is 6.07 Å². The predicted octanol–water partition coefficient (Wildman–Crippen LogP) is 1.86. The summed E-state index contributed by atoms with van der Waals surface area (Å²) in [7, 11) is 0.913. The summed E-state index contributed by atoms with van der Waals surface area (Å²) >= 11 is 5.86. The van der Waals surface area contributed by atoms with Gasteiger partial charge in [-0.2, -0.15) is 0 Å². The number of benzene rings is 2. The number of hydrogen-bond acceptors (Lipinski definition) is 10. The Kier molecular flexibility index (Phi) is 6.63. The first-order chi connectivity index (χ1) is 16.0. The molecule has 0 fully saturated rings. The Labute approximate surface area is 192 Å². The Hall–Kier alpha value is -4.72. The molecule has 0 saturated heterocycles. The maximum Gasteiger partial charge on any atom is 0.323 e. The van der Waals surface area contributed by atoms with Crippen LogP contribution in [0.4, 0.5) is 17.1 Å². The molecule has 3 aromatic rings. The lowest BCUT2D eigenvalue weighted by Gasteiger charge is -2.13. The molecule has 0 unspecified atom stereocenters. The number of nitrogens with one attached hydrogen (secondary N) is 2. The quantitative estimate of drug-likeness (QED) is 0.162. The van der Waals surface area contributed by atoms with Crippen LogP contribution in [0.25, 0.3) is 11.0 Å². The average Bonchev–Trinajstić information content (AvgIpc) is 2.79. The minimum Gasteiger partial charge on any atom is -0.468 e. The lowest BCUT2D eigenvalue weighted by Crippen LogP contribution is -2.37. The zero-order valence-electron chi connectivity index (χ0n) is 16.9. The lowest BCUT2D eigenvalue weighted by atomic mass is 9.99. The molecule has 1 aromatic heterocycles. The molecular formula is C19H12ClN5O9. The second-order valence-electron chi connectivity index (χ2n) is 6.60. The highest BCUT2D eigenvalue weighted by Crippen LogP contribution is 2.29. The van der Waals surface area contributed by atoms with Crippen molar-refractivity contribution in [2.45, 2.75) is 5.92 Å². The van der Waals surface area contributed by atoms with E-state index >= 15 is 0 Å². The van der Waals surface area contributed by atoms with Gasteiger partial charge in [-0.05, 0) is 24.3 Å². The Bertz CT molecular complexity index is 1440. The maximum absolute atomic E-state index is 12.8. The van der Waals surface area contributed by atoms with Gasteiger partial charge in [0.1, 0.15) is 11.4 Å². The van der Waals surface area contributed by atoms with Crippen molar-refractivity contribution >= 4 is 57.4 Å². The van der Waals surface area contributed by atoms with Crippen molar-refractivity contribution in [3.05, 3.63) is 77.7 Å². The topological polar surface area (TPSA) is 205 Å². The summed E-state index contributed by atoms with van der Waals surface area (Å²) in [6, 6.07) is 6.51. The van der Waals surface area contributed by atoms with Crippen LogP contribution in [-0.4, -0.2) is 44.6 Å². The van der Waals surface area contributed by atoms with Crippen LogP contribution >= 0.6 is 11.6 Å². The summed E-state index contributed by atoms with van der Waals surface area (Å²) in [5.74, 6) is -6.42. The van der Waals surface area contributed by atoms with E-state index in [0.717, 1.165) is 19.2 Å². The molecule has 3 rings (SSSR count). The number of amides is 1. The fourth-order valence-electron chi connectivity index (χ4n) is 2.93. The molecule has 34 heavy (non-hydrogen) atoms. The minimum atomic E-state index is -2.11. The molecule has 1 heterocycles. The second-order valence-corrected chi connectivity index (χ2v) is 7.04. The zero-order valence-corrected chi connectivity index (χ0v) is 17.7. The van der Waals surface area contributed by atoms with Crippen LogP contribution in [0.2, 0.25) is 5.02 Å². The van der Waals surface area contributed by atoms with Crippen LogP contribution in [0.1, 0.15) is 11.6 Å². The minimum absolute atomic E-state index is 0.145. The number of ether oxygens (including phenoxy) is 1. The van der Waals surface area contributed by atoms with Crippen molar-refractivity contribution in [2.75, 3.05) is 12.4 Å². The van der Waals surface area contributed by atoms with Gasteiger partial charge in [-0.3, -0.25) is 39.4 Å². The fraction of sp³-hybridized carbons (Fsp3) is 0.105. The Morgan fingerprint density at radius 1 is 1.12 bits per heavy atom. The number of aromatic nitrogens is 2. The number of Topliss-reactive ketones (excluding diaryl/α,β-unsaturated/α-hetero) is 1. The Morgan fingerprint density at radius 2 is 1.82 bits per heavy atom. The van der Waals surface area contributed by atoms with E-state index in [1.165, 1.54) is 18.2 Å². The Morgan fingerprint density at radius 3 is 2.44 bits per heavy atom. The van der Waals surface area contributed by atoms with Gasteiger partial charge in [0.25, 0.3) is 22.8 Å². The van der Waals surface area contributed by atoms with Gasteiger partial charge in [-0.1, -0.05) is 11.6 Å². The monoisotopic (exact) mass is 489 g/mol. The summed E-state index contributed by atoms with van der Waals surface area (Å²) in [5, 5.41) is 24.3. The number of H-pyrrole nitrogens is 1. The van der Waals surface area contributed by atoms with E-state index in [4.69, 9.17) is 11.6 Å². The van der Waals surface area contributed by atoms with Crippen molar-refractivity contribution in [3.63, 3.8) is 0 Å². The highest BCUT2D eigenvalue weighted by atomic mass is 35.5. The van der Waals surface area contributed by atoms with Crippen LogP contribution in [0, 0.1) is 20.2 Å². The van der Waals surface area contributed by atoms with Crippen LogP contribution in [0.3, 0.4) is 0 Å². The number of nitro groups is 2. The molecule has 0 bridgehead atoms. The average molecular weight is 490 g/mol. The third-order valence-corrected chi connectivity index (χ3v) is 4.75. The predicted molar refractivity (Wildman–Crippen MR) is 116 cm³/mol. The van der Waals surface area contributed by atoms with Gasteiger partial charge in [0.2, 0.25) is 5.78 Å². The molecule has 0 aliphatic heterocycles. The van der Waals surface area contributed by atoms with Crippen molar-refractivity contribution in [1.82, 2.24) is 9.97 Å². The molecular weight excluding hydrogens is 478 g/mol. The van der Waals surface area contributed by atoms with Crippen molar-refractivity contribution in [3.8, 4) is 0 Å². The SMILES string of the molecule is COC(=O)[C@H](C(=O)C(=O)Nc1ccc([N+](=O)[O-])cc1[N+](=O)[O-])c1nc2ccc(Cl)cc2[nH]c1=O. The largest absolute Gasteiger partial charge is 0.468 e. The van der Waals surface area contributed by atoms with Gasteiger partial charge < -0.3 is 15.0 Å². The lowest BCUT2D eigenvalue weighted by molar-refractivity contribution is -0.393. The van der Waals surface area contributed by atoms with E-state index in [9.17, 15) is 39.4 Å². The molecule has 14 nitrogen and oxygen atoms in total. The van der Waals surface area contributed by atoms with E-state index in [1.807, 2.05) is 5.32 Å². The number of nitrogens with zero attached hydrogens (tertiary/aromatic N) is 3. The Balaban J connectivity index is 2.02. The molecule has 0 spiro atoms. The number of nitro benzene ring substituents is 2. The molecule has 1 atom stereocenters. The molecule has 15 heteroatoms. The van der Waals surface area contributed by atoms with Crippen molar-refractivity contribution in [2.24, 2.45) is 0 Å². The third-order valence-electron chi connectivity index (χ3n) is 4.51. The fourth-order valence-corrected chi connectivity index (χ4v) is 3.11. The molecule has 0 saturated carbocycles.